The van der Waals surface area contributed by atoms with Crippen molar-refractivity contribution < 1.29 is 4.52 Å². The summed E-state index contributed by atoms with van der Waals surface area (Å²) in [6, 6.07) is 3.92. The molecular weight excluding hydrogens is 228 g/mol. The molecule has 0 amide bonds. The molecule has 0 aliphatic carbocycles. The summed E-state index contributed by atoms with van der Waals surface area (Å²) in [5.41, 5.74) is 1.92. The normalized spacial score (nSPS) is 19.9. The highest BCUT2D eigenvalue weighted by Crippen LogP contribution is 2.23. The highest BCUT2D eigenvalue weighted by molar-refractivity contribution is 5.49. The predicted molar refractivity (Wildman–Crippen MR) is 67.1 cm³/mol. The zero-order chi connectivity index (χ0) is 12.4. The summed E-state index contributed by atoms with van der Waals surface area (Å²) < 4.78 is 5.36. The SMILES string of the molecule is Cc1ccnc(-c2noc([C@@H]3CCCNC3)n2)c1. The van der Waals surface area contributed by atoms with Crippen molar-refractivity contribution in [3.8, 4) is 11.5 Å². The maximum absolute atomic E-state index is 5.36. The van der Waals surface area contributed by atoms with E-state index >= 15 is 0 Å². The number of aryl methyl sites for hydroxylation is 1. The summed E-state index contributed by atoms with van der Waals surface area (Å²) in [6.07, 6.45) is 4.03. The predicted octanol–water partition coefficient (Wildman–Crippen LogP) is 1.91. The number of piperidine rings is 1. The van der Waals surface area contributed by atoms with Gasteiger partial charge in [0, 0.05) is 12.7 Å². The quantitative estimate of drug-likeness (QED) is 0.874. The molecule has 0 spiro atoms. The molecule has 5 heteroatoms. The van der Waals surface area contributed by atoms with Crippen molar-refractivity contribution in [1.29, 1.82) is 0 Å². The lowest BCUT2D eigenvalue weighted by molar-refractivity contribution is 0.322. The molecule has 1 atom stereocenters. The summed E-state index contributed by atoms with van der Waals surface area (Å²) in [5, 5.41) is 7.37. The van der Waals surface area contributed by atoms with E-state index in [1.54, 1.807) is 6.20 Å². The van der Waals surface area contributed by atoms with Crippen LogP contribution in [0.2, 0.25) is 0 Å². The molecule has 18 heavy (non-hydrogen) atoms. The number of aromatic nitrogens is 3. The minimum absolute atomic E-state index is 0.338. The van der Waals surface area contributed by atoms with Gasteiger partial charge in [-0.1, -0.05) is 5.16 Å². The maximum Gasteiger partial charge on any atom is 0.231 e. The molecule has 0 unspecified atom stereocenters. The lowest BCUT2D eigenvalue weighted by atomic mass is 10.00. The Morgan fingerprint density at radius 1 is 1.44 bits per heavy atom. The van der Waals surface area contributed by atoms with E-state index < -0.39 is 0 Å². The smallest absolute Gasteiger partial charge is 0.231 e. The molecular formula is C13H16N4O. The van der Waals surface area contributed by atoms with Gasteiger partial charge in [-0.25, -0.2) is 0 Å². The first-order chi connectivity index (χ1) is 8.83. The van der Waals surface area contributed by atoms with Crippen LogP contribution in [-0.4, -0.2) is 28.2 Å². The van der Waals surface area contributed by atoms with E-state index in [0.717, 1.165) is 43.1 Å². The average Bonchev–Trinajstić information content (AvgIpc) is 2.89. The molecule has 0 bridgehead atoms. The third-order valence-electron chi connectivity index (χ3n) is 3.23. The highest BCUT2D eigenvalue weighted by atomic mass is 16.5. The van der Waals surface area contributed by atoms with Crippen LogP contribution < -0.4 is 5.32 Å². The van der Waals surface area contributed by atoms with E-state index in [1.165, 1.54) is 0 Å². The van der Waals surface area contributed by atoms with E-state index in [-0.39, 0.29) is 0 Å². The van der Waals surface area contributed by atoms with Crippen LogP contribution in [0.1, 0.15) is 30.2 Å². The van der Waals surface area contributed by atoms with Crippen LogP contribution in [0.25, 0.3) is 11.5 Å². The first-order valence-electron chi connectivity index (χ1n) is 6.30. The number of hydrogen-bond acceptors (Lipinski definition) is 5. The minimum Gasteiger partial charge on any atom is -0.339 e. The second-order valence-corrected chi connectivity index (χ2v) is 4.72. The minimum atomic E-state index is 0.338. The van der Waals surface area contributed by atoms with E-state index in [9.17, 15) is 0 Å². The Kier molecular flexibility index (Phi) is 3.06. The Hall–Kier alpha value is -1.75. The van der Waals surface area contributed by atoms with Crippen LogP contribution in [-0.2, 0) is 0 Å². The van der Waals surface area contributed by atoms with Crippen molar-refractivity contribution in [2.75, 3.05) is 13.1 Å². The summed E-state index contributed by atoms with van der Waals surface area (Å²) in [5.74, 6) is 1.64. The Morgan fingerprint density at radius 3 is 3.17 bits per heavy atom. The summed E-state index contributed by atoms with van der Waals surface area (Å²) in [7, 11) is 0. The number of nitrogens with zero attached hydrogens (tertiary/aromatic N) is 3. The van der Waals surface area contributed by atoms with Gasteiger partial charge < -0.3 is 9.84 Å². The summed E-state index contributed by atoms with van der Waals surface area (Å²) in [4.78, 5) is 8.73. The summed E-state index contributed by atoms with van der Waals surface area (Å²) in [6.45, 7) is 4.02. The molecule has 1 N–H and O–H groups in total. The van der Waals surface area contributed by atoms with Gasteiger partial charge in [0.25, 0.3) is 0 Å². The van der Waals surface area contributed by atoms with E-state index in [1.807, 2.05) is 19.1 Å². The molecule has 0 saturated carbocycles. The van der Waals surface area contributed by atoms with Crippen LogP contribution in [0.5, 0.6) is 0 Å². The lowest BCUT2D eigenvalue weighted by Gasteiger charge is -2.18. The maximum atomic E-state index is 5.36. The molecule has 1 aliphatic rings. The molecule has 3 heterocycles. The monoisotopic (exact) mass is 244 g/mol. The van der Waals surface area contributed by atoms with Crippen molar-refractivity contribution in [1.82, 2.24) is 20.4 Å². The molecule has 2 aromatic rings. The number of rotatable bonds is 2. The second kappa shape index (κ2) is 4.86. The molecule has 1 saturated heterocycles. The fourth-order valence-electron chi connectivity index (χ4n) is 2.23. The van der Waals surface area contributed by atoms with Gasteiger partial charge in [-0.2, -0.15) is 4.98 Å². The molecule has 5 nitrogen and oxygen atoms in total. The van der Waals surface area contributed by atoms with Crippen molar-refractivity contribution in [3.05, 3.63) is 29.8 Å². The molecule has 0 aromatic carbocycles. The van der Waals surface area contributed by atoms with Crippen molar-refractivity contribution >= 4 is 0 Å². The number of pyridine rings is 1. The lowest BCUT2D eigenvalue weighted by Crippen LogP contribution is -2.28. The number of hydrogen-bond donors (Lipinski definition) is 1. The van der Waals surface area contributed by atoms with E-state index in [2.05, 4.69) is 20.4 Å². The first kappa shape index (κ1) is 11.3. The van der Waals surface area contributed by atoms with Crippen molar-refractivity contribution in [2.45, 2.75) is 25.7 Å². The van der Waals surface area contributed by atoms with Crippen molar-refractivity contribution in [2.24, 2.45) is 0 Å². The van der Waals surface area contributed by atoms with Crippen LogP contribution in [0.4, 0.5) is 0 Å². The molecule has 2 aromatic heterocycles. The highest BCUT2D eigenvalue weighted by Gasteiger charge is 2.21. The van der Waals surface area contributed by atoms with E-state index in [0.29, 0.717) is 11.7 Å². The Bertz CT molecular complexity index is 531. The topological polar surface area (TPSA) is 63.8 Å². The molecule has 94 valence electrons. The van der Waals surface area contributed by atoms with Gasteiger partial charge in [-0.3, -0.25) is 4.98 Å². The van der Waals surface area contributed by atoms with Gasteiger partial charge in [-0.05, 0) is 44.0 Å². The standard InChI is InChI=1S/C13H16N4O/c1-9-4-6-15-11(7-9)12-16-13(18-17-12)10-3-2-5-14-8-10/h4,6-7,10,14H,2-3,5,8H2,1H3/t10-/m1/s1. The van der Waals surface area contributed by atoms with Gasteiger partial charge in [0.2, 0.25) is 11.7 Å². The van der Waals surface area contributed by atoms with Crippen LogP contribution >= 0.6 is 0 Å². The first-order valence-corrected chi connectivity index (χ1v) is 6.30. The Morgan fingerprint density at radius 2 is 2.39 bits per heavy atom. The fourth-order valence-corrected chi connectivity index (χ4v) is 2.23. The summed E-state index contributed by atoms with van der Waals surface area (Å²) >= 11 is 0. The van der Waals surface area contributed by atoms with Gasteiger partial charge in [0.05, 0.1) is 5.92 Å². The number of nitrogens with one attached hydrogen (secondary N) is 1. The molecule has 1 fully saturated rings. The van der Waals surface area contributed by atoms with Gasteiger partial charge >= 0.3 is 0 Å². The van der Waals surface area contributed by atoms with Gasteiger partial charge in [0.1, 0.15) is 5.69 Å². The van der Waals surface area contributed by atoms with Gasteiger partial charge in [-0.15, -0.1) is 0 Å². The molecule has 3 rings (SSSR count). The Balaban J connectivity index is 1.84. The molecule has 1 aliphatic heterocycles. The Labute approximate surface area is 106 Å². The zero-order valence-electron chi connectivity index (χ0n) is 10.4. The largest absolute Gasteiger partial charge is 0.339 e. The fraction of sp³-hybridized carbons (Fsp3) is 0.462. The van der Waals surface area contributed by atoms with Crippen LogP contribution in [0.3, 0.4) is 0 Å². The van der Waals surface area contributed by atoms with Crippen LogP contribution in [0, 0.1) is 6.92 Å². The molecule has 0 radical (unpaired) electrons. The third kappa shape index (κ3) is 2.26. The van der Waals surface area contributed by atoms with Crippen LogP contribution in [0.15, 0.2) is 22.9 Å². The second-order valence-electron chi connectivity index (χ2n) is 4.72. The zero-order valence-corrected chi connectivity index (χ0v) is 10.4. The van der Waals surface area contributed by atoms with Crippen molar-refractivity contribution in [3.63, 3.8) is 0 Å². The van der Waals surface area contributed by atoms with Gasteiger partial charge in [0.15, 0.2) is 0 Å². The third-order valence-corrected chi connectivity index (χ3v) is 3.23. The van der Waals surface area contributed by atoms with E-state index in [4.69, 9.17) is 4.52 Å². The average molecular weight is 244 g/mol.